The van der Waals surface area contributed by atoms with E-state index in [0.29, 0.717) is 5.56 Å². The number of anilines is 1. The predicted octanol–water partition coefficient (Wildman–Crippen LogP) is 1.58. The van der Waals surface area contributed by atoms with Crippen LogP contribution in [0.15, 0.2) is 18.2 Å². The highest BCUT2D eigenvalue weighted by Crippen LogP contribution is 2.30. The lowest BCUT2D eigenvalue weighted by Gasteiger charge is -2.36. The third-order valence-electron chi connectivity index (χ3n) is 4.29. The molecule has 0 spiro atoms. The number of benzene rings is 1. The van der Waals surface area contributed by atoms with Crippen LogP contribution in [0.25, 0.3) is 0 Å². The normalized spacial score (nSPS) is 19.9. The molecule has 1 heterocycles. The van der Waals surface area contributed by atoms with Crippen molar-refractivity contribution in [2.75, 3.05) is 37.6 Å². The summed E-state index contributed by atoms with van der Waals surface area (Å²) in [4.78, 5) is 4.84. The number of piperazine rings is 1. The van der Waals surface area contributed by atoms with Gasteiger partial charge in [0, 0.05) is 32.7 Å². The average molecular weight is 271 g/mol. The van der Waals surface area contributed by atoms with Gasteiger partial charge in [0.2, 0.25) is 0 Å². The van der Waals surface area contributed by atoms with Crippen molar-refractivity contribution in [3.63, 3.8) is 0 Å². The molecule has 1 aliphatic heterocycles. The molecule has 1 N–H and O–H groups in total. The Hall–Kier alpha value is -1.57. The van der Waals surface area contributed by atoms with Gasteiger partial charge in [-0.05, 0) is 36.5 Å². The van der Waals surface area contributed by atoms with Gasteiger partial charge in [-0.25, -0.2) is 0 Å². The molecule has 4 heteroatoms. The summed E-state index contributed by atoms with van der Waals surface area (Å²) in [5.74, 6) is 0.944. The van der Waals surface area contributed by atoms with Gasteiger partial charge >= 0.3 is 0 Å². The van der Waals surface area contributed by atoms with Gasteiger partial charge < -0.3 is 10.0 Å². The smallest absolute Gasteiger partial charge is 0.101 e. The highest BCUT2D eigenvalue weighted by atomic mass is 16.3. The molecule has 1 aromatic rings. The molecule has 0 radical (unpaired) electrons. The molecular formula is C16H21N3O. The first kappa shape index (κ1) is 13.4. The summed E-state index contributed by atoms with van der Waals surface area (Å²) in [5.41, 5.74) is 2.49. The number of hydrogen-bond acceptors (Lipinski definition) is 4. The Morgan fingerprint density at radius 1 is 1.20 bits per heavy atom. The largest absolute Gasteiger partial charge is 0.392 e. The minimum absolute atomic E-state index is 0.00980. The van der Waals surface area contributed by atoms with Gasteiger partial charge in [0.25, 0.3) is 0 Å². The third-order valence-corrected chi connectivity index (χ3v) is 4.29. The fraction of sp³-hybridized carbons (Fsp3) is 0.562. The summed E-state index contributed by atoms with van der Waals surface area (Å²) in [6, 6.07) is 7.93. The summed E-state index contributed by atoms with van der Waals surface area (Å²) >= 11 is 0. The van der Waals surface area contributed by atoms with Crippen LogP contribution >= 0.6 is 0 Å². The maximum absolute atomic E-state index is 9.28. The van der Waals surface area contributed by atoms with E-state index >= 15 is 0 Å². The molecule has 4 nitrogen and oxygen atoms in total. The maximum Gasteiger partial charge on any atom is 0.101 e. The van der Waals surface area contributed by atoms with Crippen LogP contribution in [0.2, 0.25) is 0 Å². The Morgan fingerprint density at radius 2 is 1.95 bits per heavy atom. The fourth-order valence-electron chi connectivity index (χ4n) is 2.88. The van der Waals surface area contributed by atoms with Gasteiger partial charge in [-0.2, -0.15) is 5.26 Å². The summed E-state index contributed by atoms with van der Waals surface area (Å²) in [5, 5.41) is 18.4. The van der Waals surface area contributed by atoms with Crippen molar-refractivity contribution in [1.29, 1.82) is 5.26 Å². The van der Waals surface area contributed by atoms with Gasteiger partial charge in [-0.3, -0.25) is 4.90 Å². The monoisotopic (exact) mass is 271 g/mol. The standard InChI is InChI=1S/C16H21N3O/c17-10-15-9-14(12-20)3-4-16(15)19-7-5-18(6-8-19)11-13-1-2-13/h3-4,9,13,20H,1-2,5-8,11-12H2. The van der Waals surface area contributed by atoms with Crippen molar-refractivity contribution in [1.82, 2.24) is 4.90 Å². The van der Waals surface area contributed by atoms with Crippen molar-refractivity contribution >= 4 is 5.69 Å². The zero-order chi connectivity index (χ0) is 13.9. The zero-order valence-corrected chi connectivity index (χ0v) is 11.8. The molecule has 1 aliphatic carbocycles. The average Bonchev–Trinajstić information content (AvgIpc) is 3.31. The van der Waals surface area contributed by atoms with Gasteiger partial charge in [0.05, 0.1) is 17.9 Å². The summed E-state index contributed by atoms with van der Waals surface area (Å²) in [6.07, 6.45) is 2.81. The van der Waals surface area contributed by atoms with Gasteiger partial charge in [0.1, 0.15) is 6.07 Å². The Bertz CT molecular complexity index is 511. The highest BCUT2D eigenvalue weighted by molar-refractivity contribution is 5.60. The van der Waals surface area contributed by atoms with Gasteiger partial charge in [-0.1, -0.05) is 6.07 Å². The van der Waals surface area contributed by atoms with E-state index in [1.807, 2.05) is 12.1 Å². The van der Waals surface area contributed by atoms with Crippen molar-refractivity contribution < 1.29 is 5.11 Å². The van der Waals surface area contributed by atoms with Crippen LogP contribution in [0.5, 0.6) is 0 Å². The number of nitriles is 1. The SMILES string of the molecule is N#Cc1cc(CO)ccc1N1CCN(CC2CC2)CC1. The fourth-order valence-corrected chi connectivity index (χ4v) is 2.88. The Morgan fingerprint density at radius 3 is 2.55 bits per heavy atom. The molecule has 1 saturated carbocycles. The van der Waals surface area contributed by atoms with Crippen LogP contribution in [-0.4, -0.2) is 42.7 Å². The van der Waals surface area contributed by atoms with Crippen molar-refractivity contribution in [2.24, 2.45) is 5.92 Å². The molecular weight excluding hydrogens is 250 g/mol. The van der Waals surface area contributed by atoms with Crippen LogP contribution in [0.4, 0.5) is 5.69 Å². The number of aliphatic hydroxyl groups excluding tert-OH is 1. The molecule has 0 atom stereocenters. The molecule has 3 rings (SSSR count). The number of hydrogen-bond donors (Lipinski definition) is 1. The van der Waals surface area contributed by atoms with Crippen LogP contribution in [0, 0.1) is 17.2 Å². The van der Waals surface area contributed by atoms with Crippen LogP contribution < -0.4 is 4.90 Å². The Balaban J connectivity index is 1.66. The van der Waals surface area contributed by atoms with E-state index in [1.165, 1.54) is 19.4 Å². The minimum Gasteiger partial charge on any atom is -0.392 e. The molecule has 0 unspecified atom stereocenters. The third kappa shape index (κ3) is 2.95. The molecule has 0 amide bonds. The van der Waals surface area contributed by atoms with Gasteiger partial charge in [0.15, 0.2) is 0 Å². The lowest BCUT2D eigenvalue weighted by molar-refractivity contribution is 0.248. The van der Waals surface area contributed by atoms with Crippen LogP contribution in [0.3, 0.4) is 0 Å². The number of aliphatic hydroxyl groups is 1. The molecule has 2 aliphatic rings. The summed E-state index contributed by atoms with van der Waals surface area (Å²) in [6.45, 7) is 5.39. The van der Waals surface area contributed by atoms with E-state index in [1.54, 1.807) is 6.07 Å². The molecule has 0 bridgehead atoms. The van der Waals surface area contributed by atoms with Crippen molar-refractivity contribution in [3.05, 3.63) is 29.3 Å². The number of nitrogens with zero attached hydrogens (tertiary/aromatic N) is 3. The lowest BCUT2D eigenvalue weighted by atomic mass is 10.1. The predicted molar refractivity (Wildman–Crippen MR) is 78.5 cm³/mol. The molecule has 0 aromatic heterocycles. The van der Waals surface area contributed by atoms with Crippen molar-refractivity contribution in [2.45, 2.75) is 19.4 Å². The van der Waals surface area contributed by atoms with E-state index in [2.05, 4.69) is 15.9 Å². The number of rotatable bonds is 4. The molecule has 2 fully saturated rings. The summed E-state index contributed by atoms with van der Waals surface area (Å²) < 4.78 is 0. The quantitative estimate of drug-likeness (QED) is 0.903. The van der Waals surface area contributed by atoms with Crippen LogP contribution in [-0.2, 0) is 6.61 Å². The molecule has 106 valence electrons. The topological polar surface area (TPSA) is 50.5 Å². The molecule has 1 aromatic carbocycles. The Labute approximate surface area is 120 Å². The van der Waals surface area contributed by atoms with Crippen molar-refractivity contribution in [3.8, 4) is 6.07 Å². The van der Waals surface area contributed by atoms with E-state index < -0.39 is 0 Å². The first-order valence-corrected chi connectivity index (χ1v) is 7.41. The maximum atomic E-state index is 9.28. The summed E-state index contributed by atoms with van der Waals surface area (Å²) in [7, 11) is 0. The highest BCUT2D eigenvalue weighted by Gasteiger charge is 2.26. The van der Waals surface area contributed by atoms with E-state index in [4.69, 9.17) is 5.11 Å². The molecule has 1 saturated heterocycles. The second-order valence-corrected chi connectivity index (χ2v) is 5.85. The minimum atomic E-state index is -0.00980. The van der Waals surface area contributed by atoms with E-state index in [0.717, 1.165) is 43.3 Å². The Kier molecular flexibility index (Phi) is 3.90. The second-order valence-electron chi connectivity index (χ2n) is 5.85. The van der Waals surface area contributed by atoms with E-state index in [9.17, 15) is 5.26 Å². The first-order valence-electron chi connectivity index (χ1n) is 7.41. The van der Waals surface area contributed by atoms with Gasteiger partial charge in [-0.15, -0.1) is 0 Å². The second kappa shape index (κ2) is 5.82. The van der Waals surface area contributed by atoms with Crippen LogP contribution in [0.1, 0.15) is 24.0 Å². The first-order chi connectivity index (χ1) is 9.80. The van der Waals surface area contributed by atoms with E-state index in [-0.39, 0.29) is 6.61 Å². The lowest BCUT2D eigenvalue weighted by Crippen LogP contribution is -2.47. The zero-order valence-electron chi connectivity index (χ0n) is 11.8. The molecule has 20 heavy (non-hydrogen) atoms.